The molecule has 0 fully saturated rings. The van der Waals surface area contributed by atoms with Crippen LogP contribution in [0.5, 0.6) is 0 Å². The quantitative estimate of drug-likeness (QED) is 0.484. The van der Waals surface area contributed by atoms with Crippen LogP contribution in [0.15, 0.2) is 56.8 Å². The Morgan fingerprint density at radius 2 is 1.80 bits per heavy atom. The van der Waals surface area contributed by atoms with E-state index in [-0.39, 0.29) is 0 Å². The highest BCUT2D eigenvalue weighted by Gasteiger charge is 2.10. The van der Waals surface area contributed by atoms with Gasteiger partial charge >= 0.3 is 0 Å². The van der Waals surface area contributed by atoms with Crippen LogP contribution in [0.25, 0.3) is 21.8 Å². The maximum atomic E-state index is 4.78. The van der Waals surface area contributed by atoms with Crippen LogP contribution < -0.4 is 0 Å². The Hall–Kier alpha value is -0.970. The number of rotatable bonds is 2. The van der Waals surface area contributed by atoms with Crippen LogP contribution in [-0.4, -0.2) is 4.98 Å². The van der Waals surface area contributed by atoms with Gasteiger partial charge in [-0.05, 0) is 30.7 Å². The summed E-state index contributed by atoms with van der Waals surface area (Å²) >= 11 is 8.76. The minimum absolute atomic E-state index is 1.01. The monoisotopic (exact) mass is 407 g/mol. The Kier molecular flexibility index (Phi) is 4.06. The highest BCUT2D eigenvalue weighted by molar-refractivity contribution is 9.10. The zero-order valence-corrected chi connectivity index (χ0v) is 14.7. The second kappa shape index (κ2) is 5.80. The fraction of sp³-hybridized carbons (Fsp3) is 0.0625. The average molecular weight is 409 g/mol. The molecule has 3 rings (SSSR count). The standard InChI is InChI=1S/C16H11Br2NS/c1-10-8-11(17)6-7-12(10)16-19-15(9-20-16)13-4-2-3-5-14(13)18/h2-9H,1H3. The van der Waals surface area contributed by atoms with Gasteiger partial charge in [0.2, 0.25) is 0 Å². The number of nitrogens with zero attached hydrogens (tertiary/aromatic N) is 1. The van der Waals surface area contributed by atoms with E-state index in [9.17, 15) is 0 Å². The lowest BCUT2D eigenvalue weighted by atomic mass is 10.1. The van der Waals surface area contributed by atoms with E-state index < -0.39 is 0 Å². The molecule has 0 N–H and O–H groups in total. The minimum atomic E-state index is 1.01. The summed E-state index contributed by atoms with van der Waals surface area (Å²) in [6, 6.07) is 14.5. The predicted octanol–water partition coefficient (Wildman–Crippen LogP) is 6.31. The molecule has 0 spiro atoms. The van der Waals surface area contributed by atoms with Gasteiger partial charge in [0.05, 0.1) is 5.69 Å². The average Bonchev–Trinajstić information content (AvgIpc) is 2.88. The van der Waals surface area contributed by atoms with E-state index in [1.807, 2.05) is 18.2 Å². The number of aryl methyl sites for hydroxylation is 1. The van der Waals surface area contributed by atoms with Crippen molar-refractivity contribution in [3.8, 4) is 21.8 Å². The van der Waals surface area contributed by atoms with Crippen molar-refractivity contribution >= 4 is 43.2 Å². The number of hydrogen-bond donors (Lipinski definition) is 0. The van der Waals surface area contributed by atoms with E-state index in [1.165, 1.54) is 11.1 Å². The number of benzene rings is 2. The molecule has 20 heavy (non-hydrogen) atoms. The molecule has 0 aliphatic heterocycles. The summed E-state index contributed by atoms with van der Waals surface area (Å²) in [5.41, 5.74) is 4.56. The minimum Gasteiger partial charge on any atom is -0.236 e. The fourth-order valence-corrected chi connectivity index (χ4v) is 3.93. The molecule has 0 saturated heterocycles. The first-order valence-corrected chi connectivity index (χ1v) is 8.58. The first-order valence-electron chi connectivity index (χ1n) is 6.12. The van der Waals surface area contributed by atoms with Crippen molar-refractivity contribution in [2.24, 2.45) is 0 Å². The molecular weight excluding hydrogens is 398 g/mol. The lowest BCUT2D eigenvalue weighted by Crippen LogP contribution is -1.84. The van der Waals surface area contributed by atoms with Crippen LogP contribution in [0.4, 0.5) is 0 Å². The third-order valence-electron chi connectivity index (χ3n) is 3.07. The van der Waals surface area contributed by atoms with Crippen LogP contribution in [0.3, 0.4) is 0 Å². The number of halogens is 2. The molecule has 0 aliphatic rings. The van der Waals surface area contributed by atoms with Crippen molar-refractivity contribution in [2.75, 3.05) is 0 Å². The molecule has 2 aromatic carbocycles. The van der Waals surface area contributed by atoms with Gasteiger partial charge in [0.15, 0.2) is 0 Å². The highest BCUT2D eigenvalue weighted by Crippen LogP contribution is 2.34. The summed E-state index contributed by atoms with van der Waals surface area (Å²) in [5, 5.41) is 3.16. The molecule has 1 aromatic heterocycles. The van der Waals surface area contributed by atoms with E-state index in [1.54, 1.807) is 11.3 Å². The molecule has 4 heteroatoms. The number of aromatic nitrogens is 1. The molecular formula is C16H11Br2NS. The molecule has 1 heterocycles. The van der Waals surface area contributed by atoms with Crippen molar-refractivity contribution in [3.63, 3.8) is 0 Å². The van der Waals surface area contributed by atoms with Gasteiger partial charge in [0.1, 0.15) is 5.01 Å². The molecule has 0 bridgehead atoms. The maximum Gasteiger partial charge on any atom is 0.124 e. The Labute approximate surface area is 139 Å². The SMILES string of the molecule is Cc1cc(Br)ccc1-c1nc(-c2ccccc2Br)cs1. The molecule has 100 valence electrons. The van der Waals surface area contributed by atoms with Gasteiger partial charge in [0.25, 0.3) is 0 Å². The first-order chi connectivity index (χ1) is 9.65. The second-order valence-corrected chi connectivity index (χ2v) is 7.11. The summed E-state index contributed by atoms with van der Waals surface area (Å²) in [6.07, 6.45) is 0. The topological polar surface area (TPSA) is 12.9 Å². The number of thiazole rings is 1. The normalized spacial score (nSPS) is 10.8. The predicted molar refractivity (Wildman–Crippen MR) is 93.1 cm³/mol. The summed E-state index contributed by atoms with van der Waals surface area (Å²) in [6.45, 7) is 2.11. The Bertz CT molecular complexity index is 765. The summed E-state index contributed by atoms with van der Waals surface area (Å²) < 4.78 is 2.17. The molecule has 0 saturated carbocycles. The van der Waals surface area contributed by atoms with E-state index in [4.69, 9.17) is 4.98 Å². The van der Waals surface area contributed by atoms with Gasteiger partial charge in [-0.2, -0.15) is 0 Å². The lowest BCUT2D eigenvalue weighted by molar-refractivity contribution is 1.36. The molecule has 0 atom stereocenters. The molecule has 0 aliphatic carbocycles. The van der Waals surface area contributed by atoms with E-state index in [0.717, 1.165) is 25.2 Å². The number of hydrogen-bond acceptors (Lipinski definition) is 2. The van der Waals surface area contributed by atoms with Crippen LogP contribution in [0.2, 0.25) is 0 Å². The van der Waals surface area contributed by atoms with Crippen LogP contribution in [0, 0.1) is 6.92 Å². The maximum absolute atomic E-state index is 4.78. The van der Waals surface area contributed by atoms with Crippen LogP contribution in [-0.2, 0) is 0 Å². The summed E-state index contributed by atoms with van der Waals surface area (Å²) in [5.74, 6) is 0. The van der Waals surface area contributed by atoms with Gasteiger partial charge in [-0.25, -0.2) is 4.98 Å². The van der Waals surface area contributed by atoms with Crippen molar-refractivity contribution in [1.29, 1.82) is 0 Å². The zero-order chi connectivity index (χ0) is 14.1. The zero-order valence-electron chi connectivity index (χ0n) is 10.7. The highest BCUT2D eigenvalue weighted by atomic mass is 79.9. The molecule has 3 aromatic rings. The summed E-state index contributed by atoms with van der Waals surface area (Å²) in [7, 11) is 0. The van der Waals surface area contributed by atoms with Crippen molar-refractivity contribution in [1.82, 2.24) is 4.98 Å². The Morgan fingerprint density at radius 1 is 1.00 bits per heavy atom. The van der Waals surface area contributed by atoms with Crippen molar-refractivity contribution < 1.29 is 0 Å². The van der Waals surface area contributed by atoms with E-state index in [0.29, 0.717) is 0 Å². The Balaban J connectivity index is 2.04. The first kappa shape index (κ1) is 14.0. The fourth-order valence-electron chi connectivity index (χ4n) is 2.06. The van der Waals surface area contributed by atoms with Crippen molar-refractivity contribution in [2.45, 2.75) is 6.92 Å². The van der Waals surface area contributed by atoms with Gasteiger partial charge in [-0.3, -0.25) is 0 Å². The molecule has 0 radical (unpaired) electrons. The van der Waals surface area contributed by atoms with Crippen LogP contribution in [0.1, 0.15) is 5.56 Å². The third kappa shape index (κ3) is 2.73. The van der Waals surface area contributed by atoms with Gasteiger partial charge in [-0.15, -0.1) is 11.3 Å². The summed E-state index contributed by atoms with van der Waals surface area (Å²) in [4.78, 5) is 4.78. The Morgan fingerprint density at radius 3 is 2.55 bits per heavy atom. The largest absolute Gasteiger partial charge is 0.236 e. The van der Waals surface area contributed by atoms with Gasteiger partial charge < -0.3 is 0 Å². The smallest absolute Gasteiger partial charge is 0.124 e. The van der Waals surface area contributed by atoms with E-state index >= 15 is 0 Å². The second-order valence-electron chi connectivity index (χ2n) is 4.48. The van der Waals surface area contributed by atoms with Gasteiger partial charge in [0, 0.05) is 25.5 Å². The van der Waals surface area contributed by atoms with E-state index in [2.05, 4.69) is 68.4 Å². The molecule has 1 nitrogen and oxygen atoms in total. The lowest BCUT2D eigenvalue weighted by Gasteiger charge is -2.03. The van der Waals surface area contributed by atoms with Crippen molar-refractivity contribution in [3.05, 3.63) is 62.4 Å². The van der Waals surface area contributed by atoms with Crippen LogP contribution >= 0.6 is 43.2 Å². The van der Waals surface area contributed by atoms with Gasteiger partial charge in [-0.1, -0.05) is 56.1 Å². The molecule has 0 amide bonds. The third-order valence-corrected chi connectivity index (χ3v) is 5.13. The molecule has 0 unspecified atom stereocenters.